The minimum absolute atomic E-state index is 0.0654. The molecule has 2 aromatic rings. The predicted octanol–water partition coefficient (Wildman–Crippen LogP) is 2.25. The van der Waals surface area contributed by atoms with E-state index in [0.717, 1.165) is 45.9 Å². The second kappa shape index (κ2) is 14.3. The first-order valence-electron chi connectivity index (χ1n) is 12.6. The standard InChI is InChI=1S/C28H29FO13/c1-14(30)36-13-24-25(38-15(2)31)26(39-16(3)32)27(40-17(4)33)28(42-24)41-20-9-10-21(22(34)11-20)23(35)12-37-19-7-5-18(29)6-8-19/h5-11,24-28,34H,12-13H2,1-4H3/t24-,25+,26-,27+,28+/m0/s1. The number of benzene rings is 2. The zero-order valence-corrected chi connectivity index (χ0v) is 23.1. The van der Waals surface area contributed by atoms with Crippen LogP contribution in [-0.2, 0) is 42.9 Å². The van der Waals surface area contributed by atoms with Crippen LogP contribution in [0.15, 0.2) is 42.5 Å². The molecule has 0 aromatic heterocycles. The van der Waals surface area contributed by atoms with Gasteiger partial charge in [-0.05, 0) is 36.4 Å². The van der Waals surface area contributed by atoms with Crippen molar-refractivity contribution < 1.29 is 66.6 Å². The molecule has 1 fully saturated rings. The highest BCUT2D eigenvalue weighted by molar-refractivity contribution is 5.99. The van der Waals surface area contributed by atoms with E-state index in [2.05, 4.69) is 0 Å². The Hall–Kier alpha value is -4.72. The summed E-state index contributed by atoms with van der Waals surface area (Å²) in [6.07, 6.45) is -7.08. The molecule has 0 amide bonds. The van der Waals surface area contributed by atoms with Crippen molar-refractivity contribution in [2.75, 3.05) is 13.2 Å². The summed E-state index contributed by atoms with van der Waals surface area (Å²) in [5, 5.41) is 10.5. The number of halogens is 1. The first-order valence-corrected chi connectivity index (χ1v) is 12.6. The fourth-order valence-corrected chi connectivity index (χ4v) is 4.00. The van der Waals surface area contributed by atoms with E-state index in [1.807, 2.05) is 0 Å². The highest BCUT2D eigenvalue weighted by Crippen LogP contribution is 2.32. The molecule has 13 nitrogen and oxygen atoms in total. The number of carbonyl (C=O) groups excluding carboxylic acids is 5. The maximum atomic E-state index is 13.1. The number of hydrogen-bond acceptors (Lipinski definition) is 13. The number of Topliss-reactive ketones (excluding diaryl/α,β-unsaturated/α-hetero) is 1. The number of carbonyl (C=O) groups is 5. The topological polar surface area (TPSA) is 170 Å². The lowest BCUT2D eigenvalue weighted by Gasteiger charge is -2.43. The summed E-state index contributed by atoms with van der Waals surface area (Å²) in [6, 6.07) is 8.64. The van der Waals surface area contributed by atoms with Crippen LogP contribution in [0.2, 0.25) is 0 Å². The van der Waals surface area contributed by atoms with Gasteiger partial charge >= 0.3 is 23.9 Å². The van der Waals surface area contributed by atoms with Gasteiger partial charge in [0, 0.05) is 33.8 Å². The van der Waals surface area contributed by atoms with Crippen LogP contribution in [0.1, 0.15) is 38.1 Å². The molecule has 0 unspecified atom stereocenters. The van der Waals surface area contributed by atoms with Gasteiger partial charge in [0.2, 0.25) is 18.2 Å². The van der Waals surface area contributed by atoms with Crippen LogP contribution < -0.4 is 9.47 Å². The number of phenolic OH excluding ortho intramolecular Hbond substituents is 1. The Labute approximate surface area is 239 Å². The van der Waals surface area contributed by atoms with Crippen LogP contribution in [0.25, 0.3) is 0 Å². The van der Waals surface area contributed by atoms with Crippen LogP contribution in [0.5, 0.6) is 17.2 Å². The van der Waals surface area contributed by atoms with Crippen molar-refractivity contribution in [1.82, 2.24) is 0 Å². The van der Waals surface area contributed by atoms with Crippen molar-refractivity contribution >= 4 is 29.7 Å². The summed E-state index contributed by atoms with van der Waals surface area (Å²) in [5.41, 5.74) is -0.119. The summed E-state index contributed by atoms with van der Waals surface area (Å²) < 4.78 is 51.1. The van der Waals surface area contributed by atoms with Gasteiger partial charge in [-0.2, -0.15) is 0 Å². The molecular formula is C28H29FO13. The third-order valence-corrected chi connectivity index (χ3v) is 5.65. The van der Waals surface area contributed by atoms with Crippen LogP contribution in [0, 0.1) is 5.82 Å². The van der Waals surface area contributed by atoms with Crippen LogP contribution in [0.3, 0.4) is 0 Å². The van der Waals surface area contributed by atoms with Gasteiger partial charge in [-0.1, -0.05) is 0 Å². The molecule has 1 aliphatic rings. The first kappa shape index (κ1) is 31.8. The predicted molar refractivity (Wildman–Crippen MR) is 137 cm³/mol. The second-order valence-electron chi connectivity index (χ2n) is 9.03. The lowest BCUT2D eigenvalue weighted by molar-refractivity contribution is -0.288. The number of aromatic hydroxyl groups is 1. The Morgan fingerprint density at radius 3 is 1.93 bits per heavy atom. The number of hydrogen-bond donors (Lipinski definition) is 1. The van der Waals surface area contributed by atoms with E-state index in [4.69, 9.17) is 33.2 Å². The Bertz CT molecular complexity index is 1310. The van der Waals surface area contributed by atoms with Crippen molar-refractivity contribution in [2.24, 2.45) is 0 Å². The van der Waals surface area contributed by atoms with Crippen molar-refractivity contribution in [1.29, 1.82) is 0 Å². The number of rotatable bonds is 11. The molecule has 1 heterocycles. The first-order chi connectivity index (χ1) is 19.8. The molecule has 0 aliphatic carbocycles. The molecule has 1 aliphatic heterocycles. The summed E-state index contributed by atoms with van der Waals surface area (Å²) in [7, 11) is 0. The normalized spacial score (nSPS) is 21.4. The fourth-order valence-electron chi connectivity index (χ4n) is 4.00. The third-order valence-electron chi connectivity index (χ3n) is 5.65. The summed E-state index contributed by atoms with van der Waals surface area (Å²) in [5.74, 6) is -4.50. The molecule has 226 valence electrons. The van der Waals surface area contributed by atoms with Gasteiger partial charge in [-0.3, -0.25) is 24.0 Å². The van der Waals surface area contributed by atoms with E-state index in [9.17, 15) is 33.5 Å². The van der Waals surface area contributed by atoms with Crippen molar-refractivity contribution in [3.05, 3.63) is 53.8 Å². The molecule has 0 radical (unpaired) electrons. The lowest BCUT2D eigenvalue weighted by Crippen LogP contribution is -2.63. The number of ketones is 1. The Balaban J connectivity index is 1.86. The molecule has 0 bridgehead atoms. The average molecular weight is 593 g/mol. The van der Waals surface area contributed by atoms with Crippen LogP contribution >= 0.6 is 0 Å². The fraction of sp³-hybridized carbons (Fsp3) is 0.393. The maximum absolute atomic E-state index is 13.1. The minimum atomic E-state index is -1.53. The molecule has 14 heteroatoms. The van der Waals surface area contributed by atoms with Gasteiger partial charge in [-0.15, -0.1) is 0 Å². The van der Waals surface area contributed by atoms with Crippen molar-refractivity contribution in [3.63, 3.8) is 0 Å². The summed E-state index contributed by atoms with van der Waals surface area (Å²) in [6.45, 7) is 3.47. The van der Waals surface area contributed by atoms with E-state index < -0.39 is 85.1 Å². The van der Waals surface area contributed by atoms with E-state index >= 15 is 0 Å². The Morgan fingerprint density at radius 1 is 0.786 bits per heavy atom. The molecule has 42 heavy (non-hydrogen) atoms. The van der Waals surface area contributed by atoms with E-state index in [-0.39, 0.29) is 17.1 Å². The van der Waals surface area contributed by atoms with Crippen LogP contribution in [0.4, 0.5) is 4.39 Å². The quantitative estimate of drug-likeness (QED) is 0.229. The molecule has 5 atom stereocenters. The molecule has 3 rings (SSSR count). The monoisotopic (exact) mass is 592 g/mol. The van der Waals surface area contributed by atoms with E-state index in [1.165, 1.54) is 24.3 Å². The minimum Gasteiger partial charge on any atom is -0.507 e. The molecule has 1 saturated heterocycles. The molecule has 0 saturated carbocycles. The SMILES string of the molecule is CC(=O)OC[C@@H]1O[C@@H](Oc2ccc(C(=O)COc3ccc(F)cc3)c(O)c2)[C@H](OC(C)=O)[C@@H](OC(C)=O)[C@@H]1OC(C)=O. The highest BCUT2D eigenvalue weighted by atomic mass is 19.1. The number of phenols is 1. The van der Waals surface area contributed by atoms with Gasteiger partial charge in [0.05, 0.1) is 5.56 Å². The van der Waals surface area contributed by atoms with Gasteiger partial charge in [-0.25, -0.2) is 4.39 Å². The van der Waals surface area contributed by atoms with Crippen molar-refractivity contribution in [2.45, 2.75) is 58.4 Å². The molecule has 2 aromatic carbocycles. The second-order valence-corrected chi connectivity index (χ2v) is 9.03. The highest BCUT2D eigenvalue weighted by Gasteiger charge is 2.53. The molecular weight excluding hydrogens is 563 g/mol. The smallest absolute Gasteiger partial charge is 0.303 e. The zero-order chi connectivity index (χ0) is 31.0. The molecule has 0 spiro atoms. The van der Waals surface area contributed by atoms with Gasteiger partial charge in [0.1, 0.15) is 35.8 Å². The Kier molecular flexibility index (Phi) is 10.8. The maximum Gasteiger partial charge on any atom is 0.303 e. The number of ether oxygens (including phenoxy) is 7. The van der Waals surface area contributed by atoms with E-state index in [0.29, 0.717) is 0 Å². The zero-order valence-electron chi connectivity index (χ0n) is 23.1. The number of esters is 4. The van der Waals surface area contributed by atoms with Gasteiger partial charge in [0.25, 0.3) is 0 Å². The van der Waals surface area contributed by atoms with Gasteiger partial charge in [0.15, 0.2) is 18.8 Å². The van der Waals surface area contributed by atoms with Gasteiger partial charge < -0.3 is 38.3 Å². The Morgan fingerprint density at radius 2 is 1.36 bits per heavy atom. The lowest BCUT2D eigenvalue weighted by atomic mass is 9.98. The summed E-state index contributed by atoms with van der Waals surface area (Å²) in [4.78, 5) is 59.8. The largest absolute Gasteiger partial charge is 0.507 e. The summed E-state index contributed by atoms with van der Waals surface area (Å²) >= 11 is 0. The average Bonchev–Trinajstić information content (AvgIpc) is 2.89. The van der Waals surface area contributed by atoms with Crippen molar-refractivity contribution in [3.8, 4) is 17.2 Å². The third kappa shape index (κ3) is 8.89. The van der Waals surface area contributed by atoms with Crippen LogP contribution in [-0.4, -0.2) is 78.7 Å². The van der Waals surface area contributed by atoms with E-state index in [1.54, 1.807) is 0 Å². The molecule has 1 N–H and O–H groups in total.